The highest BCUT2D eigenvalue weighted by molar-refractivity contribution is 7.89. The first-order valence-corrected chi connectivity index (χ1v) is 9.02. The molecule has 0 radical (unpaired) electrons. The van der Waals surface area contributed by atoms with E-state index in [9.17, 15) is 13.2 Å². The second-order valence-electron chi connectivity index (χ2n) is 5.42. The number of nitrogens with one attached hydrogen (secondary N) is 2. The van der Waals surface area contributed by atoms with Gasteiger partial charge < -0.3 is 14.5 Å². The number of anilines is 1. The fourth-order valence-corrected chi connectivity index (χ4v) is 4.17. The normalized spacial score (nSPS) is 15.3. The number of rotatable bonds is 5. The van der Waals surface area contributed by atoms with Crippen LogP contribution in [-0.4, -0.2) is 27.0 Å². The van der Waals surface area contributed by atoms with E-state index in [1.807, 2.05) is 0 Å². The number of amides is 1. The van der Waals surface area contributed by atoms with Crippen LogP contribution >= 0.6 is 11.6 Å². The zero-order chi connectivity index (χ0) is 17.3. The molecule has 2 heterocycles. The van der Waals surface area contributed by atoms with Crippen molar-refractivity contribution >= 4 is 33.2 Å². The first-order valence-electron chi connectivity index (χ1n) is 7.16. The third-order valence-corrected chi connectivity index (χ3v) is 5.45. The van der Waals surface area contributed by atoms with E-state index in [-0.39, 0.29) is 28.2 Å². The molecular weight excluding hydrogens is 356 g/mol. The summed E-state index contributed by atoms with van der Waals surface area (Å²) in [7, 11) is -3.86. The summed E-state index contributed by atoms with van der Waals surface area (Å²) in [5.41, 5.74) is 0.346. The lowest BCUT2D eigenvalue weighted by Gasteiger charge is -2.20. The van der Waals surface area contributed by atoms with E-state index in [0.29, 0.717) is 17.9 Å². The van der Waals surface area contributed by atoms with Crippen LogP contribution in [0.2, 0.25) is 5.02 Å². The summed E-state index contributed by atoms with van der Waals surface area (Å²) >= 11 is 6.08. The molecule has 0 bridgehead atoms. The molecule has 3 rings (SSSR count). The maximum atomic E-state index is 12.6. The van der Waals surface area contributed by atoms with E-state index in [2.05, 4.69) is 10.0 Å². The third kappa shape index (κ3) is 3.55. The van der Waals surface area contributed by atoms with Crippen molar-refractivity contribution in [2.45, 2.75) is 24.3 Å². The summed E-state index contributed by atoms with van der Waals surface area (Å²) in [5.74, 6) is 0.616. The van der Waals surface area contributed by atoms with E-state index >= 15 is 0 Å². The maximum absolute atomic E-state index is 12.6. The van der Waals surface area contributed by atoms with E-state index in [4.69, 9.17) is 20.8 Å². The van der Waals surface area contributed by atoms with Gasteiger partial charge in [-0.1, -0.05) is 11.6 Å². The SMILES string of the molecule is CC(Cc1ccco1)NS(=O)(=O)c1cc2c(cc1Cl)NC(=O)CO2. The van der Waals surface area contributed by atoms with Gasteiger partial charge in [0.2, 0.25) is 10.0 Å². The van der Waals surface area contributed by atoms with Crippen LogP contribution in [0.4, 0.5) is 5.69 Å². The second-order valence-corrected chi connectivity index (χ2v) is 7.51. The number of ether oxygens (including phenoxy) is 1. The summed E-state index contributed by atoms with van der Waals surface area (Å²) in [5, 5.41) is 2.57. The van der Waals surface area contributed by atoms with Crippen LogP contribution in [-0.2, 0) is 21.2 Å². The highest BCUT2D eigenvalue weighted by Gasteiger charge is 2.25. The Morgan fingerprint density at radius 2 is 2.21 bits per heavy atom. The van der Waals surface area contributed by atoms with Crippen LogP contribution in [0.3, 0.4) is 0 Å². The first kappa shape index (κ1) is 16.8. The Hall–Kier alpha value is -2.03. The van der Waals surface area contributed by atoms with Crippen LogP contribution in [0.15, 0.2) is 39.8 Å². The van der Waals surface area contributed by atoms with Gasteiger partial charge in [-0.3, -0.25) is 4.79 Å². The number of carbonyl (C=O) groups is 1. The first-order chi connectivity index (χ1) is 11.3. The molecule has 0 fully saturated rings. The molecule has 0 saturated heterocycles. The molecule has 1 atom stereocenters. The monoisotopic (exact) mass is 370 g/mol. The Labute approximate surface area is 144 Å². The zero-order valence-corrected chi connectivity index (χ0v) is 14.3. The lowest BCUT2D eigenvalue weighted by Crippen LogP contribution is -2.34. The van der Waals surface area contributed by atoms with E-state index < -0.39 is 16.1 Å². The minimum Gasteiger partial charge on any atom is -0.482 e. The average Bonchev–Trinajstić information content (AvgIpc) is 2.98. The summed E-state index contributed by atoms with van der Waals surface area (Å²) in [6.07, 6.45) is 1.93. The predicted molar refractivity (Wildman–Crippen MR) is 87.8 cm³/mol. The quantitative estimate of drug-likeness (QED) is 0.840. The number of carbonyl (C=O) groups excluding carboxylic acids is 1. The van der Waals surface area contributed by atoms with Crippen molar-refractivity contribution in [3.05, 3.63) is 41.3 Å². The largest absolute Gasteiger partial charge is 0.482 e. The molecule has 1 aromatic heterocycles. The van der Waals surface area contributed by atoms with Crippen molar-refractivity contribution < 1.29 is 22.4 Å². The lowest BCUT2D eigenvalue weighted by molar-refractivity contribution is -0.118. The third-order valence-electron chi connectivity index (χ3n) is 3.40. The van der Waals surface area contributed by atoms with Gasteiger partial charge in [-0.15, -0.1) is 0 Å². The van der Waals surface area contributed by atoms with Gasteiger partial charge in [-0.25, -0.2) is 13.1 Å². The Balaban J connectivity index is 1.83. The van der Waals surface area contributed by atoms with Crippen molar-refractivity contribution in [1.82, 2.24) is 4.72 Å². The Morgan fingerprint density at radius 1 is 1.42 bits per heavy atom. The summed E-state index contributed by atoms with van der Waals surface area (Å²) < 4.78 is 38.1. The topological polar surface area (TPSA) is 97.6 Å². The average molecular weight is 371 g/mol. The van der Waals surface area contributed by atoms with E-state index in [1.54, 1.807) is 19.1 Å². The van der Waals surface area contributed by atoms with Crippen molar-refractivity contribution in [2.24, 2.45) is 0 Å². The molecule has 2 aromatic rings. The Morgan fingerprint density at radius 3 is 2.92 bits per heavy atom. The van der Waals surface area contributed by atoms with Gasteiger partial charge in [0.15, 0.2) is 6.61 Å². The molecule has 128 valence electrons. The molecule has 0 aliphatic carbocycles. The van der Waals surface area contributed by atoms with Gasteiger partial charge in [0.1, 0.15) is 16.4 Å². The number of hydrogen-bond acceptors (Lipinski definition) is 5. The number of sulfonamides is 1. The second kappa shape index (κ2) is 6.46. The molecule has 0 spiro atoms. The molecule has 1 aliphatic heterocycles. The maximum Gasteiger partial charge on any atom is 0.262 e. The predicted octanol–water partition coefficient (Wildman–Crippen LogP) is 2.17. The lowest BCUT2D eigenvalue weighted by atomic mass is 10.2. The van der Waals surface area contributed by atoms with Crippen molar-refractivity contribution in [3.63, 3.8) is 0 Å². The van der Waals surface area contributed by atoms with Crippen LogP contribution in [0.25, 0.3) is 0 Å². The molecule has 9 heteroatoms. The smallest absolute Gasteiger partial charge is 0.262 e. The van der Waals surface area contributed by atoms with Crippen molar-refractivity contribution in [3.8, 4) is 5.75 Å². The minimum absolute atomic E-state index is 0.00255. The fourth-order valence-electron chi connectivity index (χ4n) is 2.39. The van der Waals surface area contributed by atoms with Crippen LogP contribution in [0.5, 0.6) is 5.75 Å². The standard InChI is InChI=1S/C15H15ClN2O5S/c1-9(5-10-3-2-4-22-10)18-24(20,21)14-7-13-12(6-11(14)16)17-15(19)8-23-13/h2-4,6-7,9,18H,5,8H2,1H3,(H,17,19). The number of halogens is 1. The highest BCUT2D eigenvalue weighted by Crippen LogP contribution is 2.35. The molecule has 1 amide bonds. The zero-order valence-electron chi connectivity index (χ0n) is 12.7. The van der Waals surface area contributed by atoms with E-state index in [1.165, 1.54) is 18.4 Å². The van der Waals surface area contributed by atoms with E-state index in [0.717, 1.165) is 0 Å². The number of benzene rings is 1. The molecule has 2 N–H and O–H groups in total. The van der Waals surface area contributed by atoms with Gasteiger partial charge in [0.25, 0.3) is 5.91 Å². The Bertz CT molecular complexity index is 864. The molecular formula is C15H15ClN2O5S. The van der Waals surface area contributed by atoms with Gasteiger partial charge in [0.05, 0.1) is 17.0 Å². The summed E-state index contributed by atoms with van der Waals surface area (Å²) in [4.78, 5) is 11.2. The number of hydrogen-bond donors (Lipinski definition) is 2. The molecule has 0 saturated carbocycles. The minimum atomic E-state index is -3.86. The van der Waals surface area contributed by atoms with Crippen LogP contribution in [0, 0.1) is 0 Å². The number of fused-ring (bicyclic) bond motifs is 1. The van der Waals surface area contributed by atoms with Crippen molar-refractivity contribution in [2.75, 3.05) is 11.9 Å². The molecule has 24 heavy (non-hydrogen) atoms. The highest BCUT2D eigenvalue weighted by atomic mass is 35.5. The van der Waals surface area contributed by atoms with Gasteiger partial charge in [0, 0.05) is 18.5 Å². The summed E-state index contributed by atoms with van der Waals surface area (Å²) in [6, 6.07) is 5.78. The fraction of sp³-hybridized carbons (Fsp3) is 0.267. The molecule has 1 unspecified atom stereocenters. The van der Waals surface area contributed by atoms with Crippen LogP contribution < -0.4 is 14.8 Å². The van der Waals surface area contributed by atoms with Crippen LogP contribution in [0.1, 0.15) is 12.7 Å². The molecule has 7 nitrogen and oxygen atoms in total. The van der Waals surface area contributed by atoms with Gasteiger partial charge >= 0.3 is 0 Å². The van der Waals surface area contributed by atoms with Gasteiger partial charge in [-0.2, -0.15) is 0 Å². The summed E-state index contributed by atoms with van der Waals surface area (Å²) in [6.45, 7) is 1.56. The Kier molecular flexibility index (Phi) is 4.53. The molecule has 1 aliphatic rings. The van der Waals surface area contributed by atoms with Gasteiger partial charge in [-0.05, 0) is 25.1 Å². The molecule has 1 aromatic carbocycles. The van der Waals surface area contributed by atoms with Crippen molar-refractivity contribution in [1.29, 1.82) is 0 Å². The number of furan rings is 1.